The Labute approximate surface area is 194 Å². The fourth-order valence-electron chi connectivity index (χ4n) is 3.64. The molecule has 8 heteroatoms. The number of nitrogens with zero attached hydrogens (tertiary/aromatic N) is 3. The number of esters is 1. The standard InChI is InChI=1S/C25H30N4O4/c1-6-33-25(31)21-15-27-29(17(21)2)19-13-11-18(12-14-19)24(30)26-16-22(28(3)4)20-9-7-8-10-23(20)32-5/h7-15,22H,6,16H2,1-5H3,(H,26,30). The molecule has 3 rings (SSSR count). The predicted molar refractivity (Wildman–Crippen MR) is 126 cm³/mol. The van der Waals surface area contributed by atoms with Crippen molar-refractivity contribution < 1.29 is 19.1 Å². The van der Waals surface area contributed by atoms with Crippen LogP contribution in [0, 0.1) is 6.92 Å². The number of carbonyl (C=O) groups excluding carboxylic acids is 2. The Morgan fingerprint density at radius 3 is 2.45 bits per heavy atom. The number of rotatable bonds is 9. The predicted octanol–water partition coefficient (Wildman–Crippen LogP) is 3.40. The summed E-state index contributed by atoms with van der Waals surface area (Å²) in [4.78, 5) is 26.9. The average Bonchev–Trinajstić information content (AvgIpc) is 3.20. The van der Waals surface area contributed by atoms with Crippen LogP contribution in [0.3, 0.4) is 0 Å². The molecule has 2 aromatic carbocycles. The summed E-state index contributed by atoms with van der Waals surface area (Å²) >= 11 is 0. The Hall–Kier alpha value is -3.65. The molecule has 0 aliphatic carbocycles. The van der Waals surface area contributed by atoms with E-state index >= 15 is 0 Å². The van der Waals surface area contributed by atoms with E-state index in [1.807, 2.05) is 43.3 Å². The third kappa shape index (κ3) is 5.40. The summed E-state index contributed by atoms with van der Waals surface area (Å²) in [6.45, 7) is 4.30. The Balaban J connectivity index is 1.71. The first-order valence-electron chi connectivity index (χ1n) is 10.8. The van der Waals surface area contributed by atoms with Gasteiger partial charge in [0.25, 0.3) is 5.91 Å². The van der Waals surface area contributed by atoms with E-state index in [1.54, 1.807) is 49.9 Å². The van der Waals surface area contributed by atoms with Crippen molar-refractivity contribution >= 4 is 11.9 Å². The van der Waals surface area contributed by atoms with Gasteiger partial charge in [-0.25, -0.2) is 9.48 Å². The van der Waals surface area contributed by atoms with Crippen molar-refractivity contribution in [2.24, 2.45) is 0 Å². The molecule has 0 aliphatic heterocycles. The monoisotopic (exact) mass is 450 g/mol. The van der Waals surface area contributed by atoms with E-state index in [0.717, 1.165) is 17.0 Å². The molecular weight excluding hydrogens is 420 g/mol. The second kappa shape index (κ2) is 10.8. The Morgan fingerprint density at radius 1 is 1.12 bits per heavy atom. The molecule has 33 heavy (non-hydrogen) atoms. The number of hydrogen-bond acceptors (Lipinski definition) is 6. The van der Waals surface area contributed by atoms with Crippen LogP contribution in [0.5, 0.6) is 5.75 Å². The quantitative estimate of drug-likeness (QED) is 0.503. The largest absolute Gasteiger partial charge is 0.496 e. The summed E-state index contributed by atoms with van der Waals surface area (Å²) in [6, 6.07) is 14.8. The summed E-state index contributed by atoms with van der Waals surface area (Å²) < 4.78 is 12.2. The lowest BCUT2D eigenvalue weighted by Gasteiger charge is -2.26. The van der Waals surface area contributed by atoms with Gasteiger partial charge in [-0.05, 0) is 58.3 Å². The first-order valence-corrected chi connectivity index (χ1v) is 10.8. The summed E-state index contributed by atoms with van der Waals surface area (Å²) in [7, 11) is 5.58. The summed E-state index contributed by atoms with van der Waals surface area (Å²) in [5.74, 6) is 0.210. The molecule has 1 amide bonds. The molecule has 1 unspecified atom stereocenters. The van der Waals surface area contributed by atoms with E-state index in [1.165, 1.54) is 6.20 Å². The number of para-hydroxylation sites is 1. The lowest BCUT2D eigenvalue weighted by atomic mass is 10.0. The van der Waals surface area contributed by atoms with Crippen molar-refractivity contribution in [3.05, 3.63) is 77.1 Å². The van der Waals surface area contributed by atoms with E-state index in [0.29, 0.717) is 30.0 Å². The fourth-order valence-corrected chi connectivity index (χ4v) is 3.64. The molecule has 1 heterocycles. The van der Waals surface area contributed by atoms with Crippen LogP contribution in [0.15, 0.2) is 54.7 Å². The molecule has 8 nitrogen and oxygen atoms in total. The number of ether oxygens (including phenoxy) is 2. The van der Waals surface area contributed by atoms with E-state index in [-0.39, 0.29) is 11.9 Å². The van der Waals surface area contributed by atoms with Crippen LogP contribution in [-0.4, -0.2) is 60.9 Å². The molecule has 0 bridgehead atoms. The van der Waals surface area contributed by atoms with Crippen LogP contribution in [0.25, 0.3) is 5.69 Å². The molecule has 0 spiro atoms. The summed E-state index contributed by atoms with van der Waals surface area (Å²) in [5, 5.41) is 7.30. The first kappa shape index (κ1) is 24.0. The highest BCUT2D eigenvalue weighted by atomic mass is 16.5. The van der Waals surface area contributed by atoms with Gasteiger partial charge in [-0.3, -0.25) is 4.79 Å². The van der Waals surface area contributed by atoms with E-state index in [9.17, 15) is 9.59 Å². The van der Waals surface area contributed by atoms with Crippen molar-refractivity contribution in [1.29, 1.82) is 0 Å². The summed E-state index contributed by atoms with van der Waals surface area (Å²) in [5.41, 5.74) is 3.39. The van der Waals surface area contributed by atoms with Crippen molar-refractivity contribution in [2.75, 3.05) is 34.4 Å². The van der Waals surface area contributed by atoms with Gasteiger partial charge in [-0.15, -0.1) is 0 Å². The van der Waals surface area contributed by atoms with Crippen LogP contribution in [-0.2, 0) is 4.74 Å². The highest BCUT2D eigenvalue weighted by Crippen LogP contribution is 2.27. The number of amides is 1. The number of hydrogen-bond donors (Lipinski definition) is 1. The molecule has 0 radical (unpaired) electrons. The van der Waals surface area contributed by atoms with Crippen LogP contribution < -0.4 is 10.1 Å². The molecule has 0 saturated heterocycles. The second-order valence-electron chi connectivity index (χ2n) is 7.75. The van der Waals surface area contributed by atoms with Crippen molar-refractivity contribution in [3.63, 3.8) is 0 Å². The van der Waals surface area contributed by atoms with Gasteiger partial charge in [0, 0.05) is 17.7 Å². The molecule has 3 aromatic rings. The molecule has 1 aromatic heterocycles. The minimum Gasteiger partial charge on any atom is -0.496 e. The van der Waals surface area contributed by atoms with E-state index in [2.05, 4.69) is 10.4 Å². The highest BCUT2D eigenvalue weighted by Gasteiger charge is 2.20. The minimum atomic E-state index is -0.400. The zero-order valence-electron chi connectivity index (χ0n) is 19.7. The maximum Gasteiger partial charge on any atom is 0.341 e. The van der Waals surface area contributed by atoms with Gasteiger partial charge >= 0.3 is 5.97 Å². The molecule has 1 atom stereocenters. The number of likely N-dealkylation sites (N-methyl/N-ethyl adjacent to an activating group) is 1. The van der Waals surface area contributed by atoms with Gasteiger partial charge in [0.05, 0.1) is 37.3 Å². The molecule has 1 N–H and O–H groups in total. The second-order valence-corrected chi connectivity index (χ2v) is 7.75. The van der Waals surface area contributed by atoms with Gasteiger partial charge in [-0.2, -0.15) is 5.10 Å². The van der Waals surface area contributed by atoms with E-state index in [4.69, 9.17) is 9.47 Å². The average molecular weight is 451 g/mol. The Bertz CT molecular complexity index is 1110. The highest BCUT2D eigenvalue weighted by molar-refractivity contribution is 5.94. The minimum absolute atomic E-state index is 0.0441. The van der Waals surface area contributed by atoms with Gasteiger partial charge in [0.15, 0.2) is 0 Å². The van der Waals surface area contributed by atoms with Crippen molar-refractivity contribution in [2.45, 2.75) is 19.9 Å². The first-order chi connectivity index (χ1) is 15.9. The van der Waals surface area contributed by atoms with Gasteiger partial charge in [0.2, 0.25) is 0 Å². The molecule has 0 saturated carbocycles. The van der Waals surface area contributed by atoms with Crippen molar-refractivity contribution in [3.8, 4) is 11.4 Å². The third-order valence-electron chi connectivity index (χ3n) is 5.46. The maximum absolute atomic E-state index is 12.8. The fraction of sp³-hybridized carbons (Fsp3) is 0.320. The lowest BCUT2D eigenvalue weighted by molar-refractivity contribution is 0.0525. The molecular formula is C25H30N4O4. The number of benzene rings is 2. The number of methoxy groups -OCH3 is 1. The zero-order valence-corrected chi connectivity index (χ0v) is 19.7. The van der Waals surface area contributed by atoms with Gasteiger partial charge in [-0.1, -0.05) is 18.2 Å². The van der Waals surface area contributed by atoms with E-state index < -0.39 is 5.97 Å². The zero-order chi connectivity index (χ0) is 24.0. The topological polar surface area (TPSA) is 85.7 Å². The van der Waals surface area contributed by atoms with Gasteiger partial charge < -0.3 is 19.7 Å². The third-order valence-corrected chi connectivity index (χ3v) is 5.46. The maximum atomic E-state index is 12.8. The Kier molecular flexibility index (Phi) is 7.84. The van der Waals surface area contributed by atoms with Crippen LogP contribution in [0.2, 0.25) is 0 Å². The molecule has 0 fully saturated rings. The van der Waals surface area contributed by atoms with Crippen LogP contribution >= 0.6 is 0 Å². The van der Waals surface area contributed by atoms with Crippen LogP contribution in [0.4, 0.5) is 0 Å². The van der Waals surface area contributed by atoms with Crippen molar-refractivity contribution in [1.82, 2.24) is 20.0 Å². The van der Waals surface area contributed by atoms with Crippen LogP contribution in [0.1, 0.15) is 44.9 Å². The normalized spacial score (nSPS) is 11.8. The SMILES string of the molecule is CCOC(=O)c1cnn(-c2ccc(C(=O)NCC(c3ccccc3OC)N(C)C)cc2)c1C. The molecule has 174 valence electrons. The summed E-state index contributed by atoms with van der Waals surface area (Å²) in [6.07, 6.45) is 1.49. The number of nitrogens with one attached hydrogen (secondary N) is 1. The lowest BCUT2D eigenvalue weighted by Crippen LogP contribution is -2.34. The molecule has 0 aliphatic rings. The smallest absolute Gasteiger partial charge is 0.341 e. The number of carbonyl (C=O) groups is 2. The van der Waals surface area contributed by atoms with Gasteiger partial charge in [0.1, 0.15) is 11.3 Å². The Morgan fingerprint density at radius 2 is 1.82 bits per heavy atom. The number of aromatic nitrogens is 2.